The number of rotatable bonds is 6. The highest BCUT2D eigenvalue weighted by atomic mass is 16.6. The molecule has 0 bridgehead atoms. The van der Waals surface area contributed by atoms with Gasteiger partial charge < -0.3 is 24.4 Å². The standard InChI is InChI=1S/C24H41N3O4/c1-2-30-22(28)26-14-10-24(17-26)15-19(16-24)25-12-8-18(9-13-25)21-7-4-11-27(21)23(29)31-20-5-3-6-20/h18-21,23,29H,2-17H2,1H3/t19?,21-,23?,24?/m0/s1. The quantitative estimate of drug-likeness (QED) is 0.647. The Morgan fingerprint density at radius 2 is 1.84 bits per heavy atom. The Hall–Kier alpha value is -0.890. The van der Waals surface area contributed by atoms with E-state index in [2.05, 4.69) is 9.80 Å². The van der Waals surface area contributed by atoms with Gasteiger partial charge in [0.05, 0.1) is 12.7 Å². The largest absolute Gasteiger partial charge is 0.450 e. The van der Waals surface area contributed by atoms with Crippen molar-refractivity contribution in [1.29, 1.82) is 0 Å². The summed E-state index contributed by atoms with van der Waals surface area (Å²) in [5, 5.41) is 10.6. The van der Waals surface area contributed by atoms with Crippen LogP contribution in [0.2, 0.25) is 0 Å². The molecule has 2 aliphatic carbocycles. The number of nitrogens with zero attached hydrogens (tertiary/aromatic N) is 3. The zero-order valence-corrected chi connectivity index (χ0v) is 19.2. The number of aliphatic hydroxyl groups is 1. The normalized spacial score (nSPS) is 36.5. The highest BCUT2D eigenvalue weighted by Gasteiger charge is 2.51. The number of aliphatic hydroxyl groups excluding tert-OH is 1. The molecule has 1 spiro atoms. The zero-order valence-electron chi connectivity index (χ0n) is 19.2. The number of likely N-dealkylation sites (tertiary alicyclic amines) is 3. The van der Waals surface area contributed by atoms with E-state index in [1.807, 2.05) is 11.8 Å². The predicted molar refractivity (Wildman–Crippen MR) is 117 cm³/mol. The average molecular weight is 436 g/mol. The van der Waals surface area contributed by atoms with Crippen LogP contribution in [-0.4, -0.2) is 89.8 Å². The molecule has 0 aromatic carbocycles. The summed E-state index contributed by atoms with van der Waals surface area (Å²) in [6.45, 7) is 7.40. The lowest BCUT2D eigenvalue weighted by Crippen LogP contribution is -2.55. The SMILES string of the molecule is CCOC(=O)N1CCC2(CC(N3CCC([C@@H]4CCCN4C(O)OC4CCC4)CC3)C2)C1. The van der Waals surface area contributed by atoms with Crippen molar-refractivity contribution in [3.05, 3.63) is 0 Å². The Bertz CT molecular complexity index is 628. The molecule has 1 N–H and O–H groups in total. The van der Waals surface area contributed by atoms with E-state index in [0.717, 1.165) is 38.9 Å². The van der Waals surface area contributed by atoms with Crippen molar-refractivity contribution >= 4 is 6.09 Å². The van der Waals surface area contributed by atoms with Gasteiger partial charge in [-0.3, -0.25) is 4.90 Å². The van der Waals surface area contributed by atoms with Crippen LogP contribution in [0.3, 0.4) is 0 Å². The van der Waals surface area contributed by atoms with Gasteiger partial charge in [0.25, 0.3) is 0 Å². The number of piperidine rings is 1. The maximum atomic E-state index is 12.0. The van der Waals surface area contributed by atoms with Crippen LogP contribution in [0.4, 0.5) is 4.79 Å². The molecule has 0 radical (unpaired) electrons. The Morgan fingerprint density at radius 3 is 2.52 bits per heavy atom. The van der Waals surface area contributed by atoms with Crippen LogP contribution in [0.25, 0.3) is 0 Å². The third-order valence-electron chi connectivity index (χ3n) is 8.93. The monoisotopic (exact) mass is 435 g/mol. The molecule has 5 aliphatic rings. The maximum absolute atomic E-state index is 12.0. The van der Waals surface area contributed by atoms with Crippen LogP contribution in [0.5, 0.6) is 0 Å². The van der Waals surface area contributed by atoms with Crippen molar-refractivity contribution in [3.63, 3.8) is 0 Å². The summed E-state index contributed by atoms with van der Waals surface area (Å²) in [4.78, 5) is 18.9. The first kappa shape index (κ1) is 21.9. The van der Waals surface area contributed by atoms with Gasteiger partial charge in [-0.25, -0.2) is 4.79 Å². The molecule has 2 saturated carbocycles. The van der Waals surface area contributed by atoms with Gasteiger partial charge in [0.15, 0.2) is 0 Å². The van der Waals surface area contributed by atoms with Crippen LogP contribution in [0, 0.1) is 11.3 Å². The van der Waals surface area contributed by atoms with Gasteiger partial charge in [-0.15, -0.1) is 0 Å². The minimum absolute atomic E-state index is 0.131. The van der Waals surface area contributed by atoms with E-state index in [0.29, 0.717) is 30.0 Å². The van der Waals surface area contributed by atoms with Crippen LogP contribution in [0.15, 0.2) is 0 Å². The molecule has 1 amide bonds. The van der Waals surface area contributed by atoms with Crippen molar-refractivity contribution in [3.8, 4) is 0 Å². The first-order valence-corrected chi connectivity index (χ1v) is 12.8. The molecule has 7 nitrogen and oxygen atoms in total. The van der Waals surface area contributed by atoms with Gasteiger partial charge in [-0.05, 0) is 95.6 Å². The van der Waals surface area contributed by atoms with E-state index in [1.54, 1.807) is 0 Å². The first-order chi connectivity index (χ1) is 15.1. The minimum Gasteiger partial charge on any atom is -0.450 e. The van der Waals surface area contributed by atoms with Gasteiger partial charge in [-0.2, -0.15) is 0 Å². The van der Waals surface area contributed by atoms with E-state index < -0.39 is 6.41 Å². The highest BCUT2D eigenvalue weighted by Crippen LogP contribution is 2.51. The average Bonchev–Trinajstić information content (AvgIpc) is 3.37. The van der Waals surface area contributed by atoms with Crippen molar-refractivity contribution < 1.29 is 19.4 Å². The number of amides is 1. The minimum atomic E-state index is -0.702. The number of hydrogen-bond donors (Lipinski definition) is 1. The Morgan fingerprint density at radius 1 is 1.06 bits per heavy atom. The Kier molecular flexibility index (Phi) is 6.48. The summed E-state index contributed by atoms with van der Waals surface area (Å²) in [6, 6.07) is 1.17. The van der Waals surface area contributed by atoms with Crippen molar-refractivity contribution in [2.75, 3.05) is 39.3 Å². The summed E-state index contributed by atoms with van der Waals surface area (Å²) in [5.41, 5.74) is 0.347. The maximum Gasteiger partial charge on any atom is 0.409 e. The summed E-state index contributed by atoms with van der Waals surface area (Å²) < 4.78 is 11.1. The molecule has 3 aliphatic heterocycles. The van der Waals surface area contributed by atoms with E-state index >= 15 is 0 Å². The second kappa shape index (κ2) is 9.16. The van der Waals surface area contributed by atoms with E-state index in [1.165, 1.54) is 58.0 Å². The fourth-order valence-electron chi connectivity index (χ4n) is 6.86. The number of carbonyl (C=O) groups is 1. The van der Waals surface area contributed by atoms with Gasteiger partial charge in [0, 0.05) is 31.7 Å². The van der Waals surface area contributed by atoms with Crippen molar-refractivity contribution in [2.24, 2.45) is 11.3 Å². The second-order valence-corrected chi connectivity index (χ2v) is 10.8. The molecule has 2 atom stereocenters. The molecule has 176 valence electrons. The predicted octanol–water partition coefficient (Wildman–Crippen LogP) is 3.02. The number of carbonyl (C=O) groups excluding carboxylic acids is 1. The molecular formula is C24H41N3O4. The van der Waals surface area contributed by atoms with Crippen LogP contribution >= 0.6 is 0 Å². The third-order valence-corrected chi connectivity index (χ3v) is 8.93. The molecule has 0 aromatic rings. The topological polar surface area (TPSA) is 65.5 Å². The highest BCUT2D eigenvalue weighted by molar-refractivity contribution is 5.68. The van der Waals surface area contributed by atoms with Crippen molar-refractivity contribution in [1.82, 2.24) is 14.7 Å². The number of ether oxygens (including phenoxy) is 2. The second-order valence-electron chi connectivity index (χ2n) is 10.8. The Balaban J connectivity index is 1.06. The first-order valence-electron chi connectivity index (χ1n) is 12.8. The lowest BCUT2D eigenvalue weighted by molar-refractivity contribution is -0.238. The van der Waals surface area contributed by atoms with E-state index in [4.69, 9.17) is 9.47 Å². The van der Waals surface area contributed by atoms with Crippen LogP contribution < -0.4 is 0 Å². The van der Waals surface area contributed by atoms with Crippen LogP contribution in [0.1, 0.15) is 71.1 Å². The fraction of sp³-hybridized carbons (Fsp3) is 0.958. The number of hydrogen-bond acceptors (Lipinski definition) is 6. The summed E-state index contributed by atoms with van der Waals surface area (Å²) in [6.07, 6.45) is 11.3. The summed E-state index contributed by atoms with van der Waals surface area (Å²) >= 11 is 0. The summed E-state index contributed by atoms with van der Waals surface area (Å²) in [5.74, 6) is 0.679. The molecular weight excluding hydrogens is 394 g/mol. The molecule has 5 fully saturated rings. The molecule has 3 saturated heterocycles. The molecule has 5 rings (SSSR count). The molecule has 0 aromatic heterocycles. The lowest BCUT2D eigenvalue weighted by atomic mass is 9.64. The molecule has 7 heteroatoms. The summed E-state index contributed by atoms with van der Waals surface area (Å²) in [7, 11) is 0. The lowest BCUT2D eigenvalue weighted by Gasteiger charge is -2.52. The van der Waals surface area contributed by atoms with Gasteiger partial charge in [0.1, 0.15) is 0 Å². The molecule has 3 heterocycles. The van der Waals surface area contributed by atoms with E-state index in [-0.39, 0.29) is 12.2 Å². The molecule has 1 unspecified atom stereocenters. The Labute approximate surface area is 187 Å². The van der Waals surface area contributed by atoms with Gasteiger partial charge in [0.2, 0.25) is 6.41 Å². The third kappa shape index (κ3) is 4.48. The fourth-order valence-corrected chi connectivity index (χ4v) is 6.86. The smallest absolute Gasteiger partial charge is 0.409 e. The van der Waals surface area contributed by atoms with Crippen LogP contribution in [-0.2, 0) is 9.47 Å². The molecule has 31 heavy (non-hydrogen) atoms. The van der Waals surface area contributed by atoms with Gasteiger partial charge in [-0.1, -0.05) is 0 Å². The van der Waals surface area contributed by atoms with E-state index in [9.17, 15) is 9.90 Å². The zero-order chi connectivity index (χ0) is 21.4. The van der Waals surface area contributed by atoms with Gasteiger partial charge >= 0.3 is 6.09 Å². The van der Waals surface area contributed by atoms with Crippen molar-refractivity contribution in [2.45, 2.75) is 95.7 Å².